The highest BCUT2D eigenvalue weighted by atomic mass is 16.5. The van der Waals surface area contributed by atoms with Crippen LogP contribution in [0, 0.1) is 11.3 Å². The normalized spacial score (nSPS) is 16.1. The van der Waals surface area contributed by atoms with Crippen LogP contribution in [0.3, 0.4) is 0 Å². The molecule has 0 aromatic carbocycles. The third-order valence-corrected chi connectivity index (χ3v) is 4.14. The van der Waals surface area contributed by atoms with Gasteiger partial charge in [0.25, 0.3) is 0 Å². The first-order chi connectivity index (χ1) is 9.09. The molecule has 4 heteroatoms. The van der Waals surface area contributed by atoms with Crippen molar-refractivity contribution in [3.8, 4) is 6.07 Å². The van der Waals surface area contributed by atoms with E-state index in [0.29, 0.717) is 6.04 Å². The van der Waals surface area contributed by atoms with Gasteiger partial charge in [-0.25, -0.2) is 0 Å². The van der Waals surface area contributed by atoms with Crippen molar-refractivity contribution in [2.24, 2.45) is 0 Å². The SMILES string of the molecule is CCC(C)N(CCCC(C#N)(CC)NC)CCOC. The summed E-state index contributed by atoms with van der Waals surface area (Å²) in [6.45, 7) is 9.31. The molecule has 0 saturated carbocycles. The van der Waals surface area contributed by atoms with Crippen molar-refractivity contribution in [1.82, 2.24) is 10.2 Å². The van der Waals surface area contributed by atoms with Crippen LogP contribution in [0.1, 0.15) is 46.5 Å². The quantitative estimate of drug-likeness (QED) is 0.626. The van der Waals surface area contributed by atoms with Gasteiger partial charge in [-0.1, -0.05) is 13.8 Å². The predicted octanol–water partition coefficient (Wildman–Crippen LogP) is 2.41. The van der Waals surface area contributed by atoms with E-state index in [9.17, 15) is 5.26 Å². The maximum Gasteiger partial charge on any atom is 0.106 e. The zero-order valence-corrected chi connectivity index (χ0v) is 13.3. The van der Waals surface area contributed by atoms with E-state index in [1.807, 2.05) is 7.05 Å². The van der Waals surface area contributed by atoms with Crippen molar-refractivity contribution >= 4 is 0 Å². The van der Waals surface area contributed by atoms with Crippen LogP contribution in [0.25, 0.3) is 0 Å². The largest absolute Gasteiger partial charge is 0.383 e. The van der Waals surface area contributed by atoms with Crippen LogP contribution in [0.15, 0.2) is 0 Å². The van der Waals surface area contributed by atoms with E-state index in [4.69, 9.17) is 4.74 Å². The molecule has 0 aromatic rings. The number of hydrogen-bond acceptors (Lipinski definition) is 4. The Morgan fingerprint density at radius 3 is 2.47 bits per heavy atom. The lowest BCUT2D eigenvalue weighted by Crippen LogP contribution is -2.42. The molecule has 0 fully saturated rings. The second kappa shape index (κ2) is 10.2. The minimum absolute atomic E-state index is 0.359. The molecule has 0 aliphatic heterocycles. The van der Waals surface area contributed by atoms with Gasteiger partial charge in [0, 0.05) is 19.7 Å². The van der Waals surface area contributed by atoms with Crippen molar-refractivity contribution in [2.45, 2.75) is 58.0 Å². The van der Waals surface area contributed by atoms with Gasteiger partial charge in [-0.3, -0.25) is 4.90 Å². The fourth-order valence-electron chi connectivity index (χ4n) is 2.27. The summed E-state index contributed by atoms with van der Waals surface area (Å²) in [5.41, 5.74) is -0.359. The molecule has 0 saturated heterocycles. The average molecular weight is 269 g/mol. The van der Waals surface area contributed by atoms with E-state index < -0.39 is 0 Å². The second-order valence-corrected chi connectivity index (χ2v) is 5.19. The molecule has 1 N–H and O–H groups in total. The van der Waals surface area contributed by atoms with Gasteiger partial charge in [-0.05, 0) is 46.2 Å². The van der Waals surface area contributed by atoms with Crippen LogP contribution >= 0.6 is 0 Å². The molecule has 0 aliphatic rings. The van der Waals surface area contributed by atoms with Gasteiger partial charge in [-0.15, -0.1) is 0 Å². The lowest BCUT2D eigenvalue weighted by molar-refractivity contribution is 0.120. The molecular formula is C15H31N3O. The van der Waals surface area contributed by atoms with E-state index in [1.165, 1.54) is 0 Å². The highest BCUT2D eigenvalue weighted by molar-refractivity contribution is 5.05. The van der Waals surface area contributed by atoms with Gasteiger partial charge >= 0.3 is 0 Å². The zero-order chi connectivity index (χ0) is 14.7. The molecule has 19 heavy (non-hydrogen) atoms. The second-order valence-electron chi connectivity index (χ2n) is 5.19. The maximum atomic E-state index is 9.29. The Kier molecular flexibility index (Phi) is 9.85. The van der Waals surface area contributed by atoms with Gasteiger partial charge in [0.15, 0.2) is 0 Å². The van der Waals surface area contributed by atoms with Gasteiger partial charge in [-0.2, -0.15) is 5.26 Å². The Bertz CT molecular complexity index is 259. The summed E-state index contributed by atoms with van der Waals surface area (Å²) in [7, 11) is 3.62. The van der Waals surface area contributed by atoms with Crippen molar-refractivity contribution in [3.05, 3.63) is 0 Å². The number of methoxy groups -OCH3 is 1. The van der Waals surface area contributed by atoms with E-state index in [0.717, 1.165) is 45.4 Å². The van der Waals surface area contributed by atoms with Crippen LogP contribution in [0.5, 0.6) is 0 Å². The fourth-order valence-corrected chi connectivity index (χ4v) is 2.27. The first kappa shape index (κ1) is 18.4. The minimum Gasteiger partial charge on any atom is -0.383 e. The molecular weight excluding hydrogens is 238 g/mol. The minimum atomic E-state index is -0.359. The van der Waals surface area contributed by atoms with Crippen LogP contribution in [-0.4, -0.2) is 50.3 Å². The summed E-state index contributed by atoms with van der Waals surface area (Å²) >= 11 is 0. The average Bonchev–Trinajstić information content (AvgIpc) is 2.46. The number of hydrogen-bond donors (Lipinski definition) is 1. The predicted molar refractivity (Wildman–Crippen MR) is 80.1 cm³/mol. The summed E-state index contributed by atoms with van der Waals surface area (Å²) in [5.74, 6) is 0. The van der Waals surface area contributed by atoms with Gasteiger partial charge in [0.05, 0.1) is 12.7 Å². The first-order valence-corrected chi connectivity index (χ1v) is 7.42. The van der Waals surface area contributed by atoms with E-state index in [-0.39, 0.29) is 5.54 Å². The highest BCUT2D eigenvalue weighted by Gasteiger charge is 2.25. The monoisotopic (exact) mass is 269 g/mol. The van der Waals surface area contributed by atoms with Crippen LogP contribution in [0.2, 0.25) is 0 Å². The smallest absolute Gasteiger partial charge is 0.106 e. The third kappa shape index (κ3) is 6.38. The van der Waals surface area contributed by atoms with Gasteiger partial charge in [0.1, 0.15) is 5.54 Å². The van der Waals surface area contributed by atoms with Crippen molar-refractivity contribution in [1.29, 1.82) is 5.26 Å². The number of nitrogens with one attached hydrogen (secondary N) is 1. The molecule has 112 valence electrons. The first-order valence-electron chi connectivity index (χ1n) is 7.42. The summed E-state index contributed by atoms with van der Waals surface area (Å²) < 4.78 is 5.17. The Balaban J connectivity index is 4.28. The highest BCUT2D eigenvalue weighted by Crippen LogP contribution is 2.17. The van der Waals surface area contributed by atoms with Gasteiger partial charge in [0.2, 0.25) is 0 Å². The van der Waals surface area contributed by atoms with Crippen molar-refractivity contribution in [3.63, 3.8) is 0 Å². The lowest BCUT2D eigenvalue weighted by atomic mass is 9.92. The number of nitrogens with zero attached hydrogens (tertiary/aromatic N) is 2. The molecule has 0 aromatic heterocycles. The van der Waals surface area contributed by atoms with Crippen LogP contribution in [-0.2, 0) is 4.74 Å². The Hall–Kier alpha value is -0.630. The third-order valence-electron chi connectivity index (χ3n) is 4.14. The standard InChI is InChI=1S/C15H31N3O/c1-6-14(3)18(11-12-19-5)10-8-9-15(7-2,13-16)17-4/h14,17H,6-12H2,1-5H3. The molecule has 0 amide bonds. The van der Waals surface area contributed by atoms with E-state index >= 15 is 0 Å². The Labute approximate surface area is 119 Å². The van der Waals surface area contributed by atoms with E-state index in [2.05, 4.69) is 37.1 Å². The Morgan fingerprint density at radius 2 is 2.05 bits per heavy atom. The fraction of sp³-hybridized carbons (Fsp3) is 0.933. The number of nitriles is 1. The van der Waals surface area contributed by atoms with Crippen LogP contribution < -0.4 is 5.32 Å². The summed E-state index contributed by atoms with van der Waals surface area (Å²) in [5, 5.41) is 12.5. The maximum absolute atomic E-state index is 9.29. The molecule has 0 heterocycles. The van der Waals surface area contributed by atoms with Crippen molar-refractivity contribution in [2.75, 3.05) is 33.9 Å². The van der Waals surface area contributed by atoms with Crippen molar-refractivity contribution < 1.29 is 4.74 Å². The summed E-state index contributed by atoms with van der Waals surface area (Å²) in [6, 6.07) is 2.99. The summed E-state index contributed by atoms with van der Waals surface area (Å²) in [4.78, 5) is 2.46. The Morgan fingerprint density at radius 1 is 1.37 bits per heavy atom. The molecule has 0 bridgehead atoms. The number of ether oxygens (including phenoxy) is 1. The molecule has 0 rings (SSSR count). The molecule has 0 aliphatic carbocycles. The number of rotatable bonds is 11. The molecule has 2 atom stereocenters. The lowest BCUT2D eigenvalue weighted by Gasteiger charge is -2.30. The molecule has 0 spiro atoms. The molecule has 0 radical (unpaired) electrons. The molecule has 4 nitrogen and oxygen atoms in total. The zero-order valence-electron chi connectivity index (χ0n) is 13.3. The summed E-state index contributed by atoms with van der Waals surface area (Å²) in [6.07, 6.45) is 3.93. The van der Waals surface area contributed by atoms with E-state index in [1.54, 1.807) is 7.11 Å². The molecule has 2 unspecified atom stereocenters. The van der Waals surface area contributed by atoms with Crippen LogP contribution in [0.4, 0.5) is 0 Å². The van der Waals surface area contributed by atoms with Gasteiger partial charge < -0.3 is 10.1 Å². The topological polar surface area (TPSA) is 48.3 Å².